The van der Waals surface area contributed by atoms with Crippen molar-refractivity contribution in [2.24, 2.45) is 5.10 Å². The van der Waals surface area contributed by atoms with Crippen LogP contribution in [-0.4, -0.2) is 32.2 Å². The summed E-state index contributed by atoms with van der Waals surface area (Å²) in [4.78, 5) is 25.6. The average molecular weight is 482 g/mol. The molecule has 174 valence electrons. The molecule has 7 nitrogen and oxygen atoms in total. The van der Waals surface area contributed by atoms with Crippen molar-refractivity contribution in [3.8, 4) is 11.5 Å². The van der Waals surface area contributed by atoms with Gasteiger partial charge in [-0.2, -0.15) is 5.10 Å². The Morgan fingerprint density at radius 2 is 1.76 bits per heavy atom. The predicted molar refractivity (Wildman–Crippen MR) is 129 cm³/mol. The van der Waals surface area contributed by atoms with E-state index < -0.39 is 17.6 Å². The third-order valence-corrected chi connectivity index (χ3v) is 4.95. The van der Waals surface area contributed by atoms with Crippen LogP contribution in [0.2, 0.25) is 5.02 Å². The van der Waals surface area contributed by atoms with Crippen molar-refractivity contribution in [3.63, 3.8) is 0 Å². The number of carbonyl (C=O) groups excluding carboxylic acids is 2. The van der Waals surface area contributed by atoms with Gasteiger partial charge in [-0.1, -0.05) is 35.9 Å². The highest BCUT2D eigenvalue weighted by molar-refractivity contribution is 6.33. The smallest absolute Gasteiger partial charge is 0.287 e. The highest BCUT2D eigenvalue weighted by Crippen LogP contribution is 2.26. The quantitative estimate of drug-likeness (QED) is 0.283. The summed E-state index contributed by atoms with van der Waals surface area (Å²) in [6, 6.07) is 17.5. The molecule has 0 aliphatic rings. The molecule has 0 radical (unpaired) electrons. The lowest BCUT2D eigenvalue weighted by molar-refractivity contribution is -0.117. The van der Waals surface area contributed by atoms with E-state index in [4.69, 9.17) is 21.1 Å². The molecule has 0 unspecified atom stereocenters. The summed E-state index contributed by atoms with van der Waals surface area (Å²) >= 11 is 5.98. The molecule has 0 aliphatic heterocycles. The summed E-state index contributed by atoms with van der Waals surface area (Å²) in [6.07, 6.45) is 2.50. The van der Waals surface area contributed by atoms with Crippen LogP contribution in [0.4, 0.5) is 4.39 Å². The summed E-state index contributed by atoms with van der Waals surface area (Å²) in [5, 5.41) is 6.50. The van der Waals surface area contributed by atoms with Gasteiger partial charge in [-0.05, 0) is 48.5 Å². The van der Waals surface area contributed by atoms with E-state index in [9.17, 15) is 14.0 Å². The molecule has 0 atom stereocenters. The number of hydrogen-bond acceptors (Lipinski definition) is 5. The van der Waals surface area contributed by atoms with Crippen molar-refractivity contribution in [3.05, 3.63) is 100.0 Å². The van der Waals surface area contributed by atoms with Crippen LogP contribution in [-0.2, 0) is 4.79 Å². The first-order valence-electron chi connectivity index (χ1n) is 10.0. The third kappa shape index (κ3) is 6.20. The van der Waals surface area contributed by atoms with Crippen LogP contribution in [0, 0.1) is 5.82 Å². The fourth-order valence-corrected chi connectivity index (χ4v) is 3.11. The number of methoxy groups -OCH3 is 2. The molecular formula is C25H21ClFN3O4. The van der Waals surface area contributed by atoms with E-state index in [0.717, 1.165) is 6.21 Å². The van der Waals surface area contributed by atoms with Crippen LogP contribution in [0.1, 0.15) is 21.5 Å². The van der Waals surface area contributed by atoms with E-state index in [-0.39, 0.29) is 16.3 Å². The zero-order valence-electron chi connectivity index (χ0n) is 18.3. The number of halogens is 2. The number of benzene rings is 3. The third-order valence-electron chi connectivity index (χ3n) is 4.62. The van der Waals surface area contributed by atoms with Crippen LogP contribution < -0.4 is 20.2 Å². The van der Waals surface area contributed by atoms with Gasteiger partial charge in [0.25, 0.3) is 11.8 Å². The molecule has 9 heteroatoms. The van der Waals surface area contributed by atoms with Gasteiger partial charge in [0.1, 0.15) is 23.0 Å². The summed E-state index contributed by atoms with van der Waals surface area (Å²) in [5.41, 5.74) is 2.98. The number of hydrogen-bond donors (Lipinski definition) is 2. The van der Waals surface area contributed by atoms with E-state index >= 15 is 0 Å². The second kappa shape index (κ2) is 11.6. The number of nitrogens with one attached hydrogen (secondary N) is 2. The van der Waals surface area contributed by atoms with Gasteiger partial charge in [0.15, 0.2) is 0 Å². The van der Waals surface area contributed by atoms with Gasteiger partial charge in [-0.15, -0.1) is 0 Å². The Balaban J connectivity index is 1.93. The molecule has 0 saturated carbocycles. The maximum absolute atomic E-state index is 14.0. The monoisotopic (exact) mass is 481 g/mol. The van der Waals surface area contributed by atoms with Crippen molar-refractivity contribution in [2.75, 3.05) is 14.2 Å². The van der Waals surface area contributed by atoms with Crippen molar-refractivity contribution in [2.45, 2.75) is 0 Å². The van der Waals surface area contributed by atoms with E-state index in [0.29, 0.717) is 22.6 Å². The summed E-state index contributed by atoms with van der Waals surface area (Å²) in [5.74, 6) is -0.891. The van der Waals surface area contributed by atoms with E-state index in [2.05, 4.69) is 15.8 Å². The SMILES string of the molecule is COc1ccc(OC)c(/C=C(\NC(=O)c2ccccc2)C(=O)N/N=C/c2c(F)cccc2Cl)c1. The first kappa shape index (κ1) is 24.5. The summed E-state index contributed by atoms with van der Waals surface area (Å²) in [7, 11) is 2.98. The van der Waals surface area contributed by atoms with Gasteiger partial charge in [0.05, 0.1) is 25.5 Å². The number of nitrogens with zero attached hydrogens (tertiary/aromatic N) is 1. The molecule has 0 heterocycles. The predicted octanol–water partition coefficient (Wildman–Crippen LogP) is 4.42. The first-order valence-corrected chi connectivity index (χ1v) is 10.4. The molecule has 0 bridgehead atoms. The number of carbonyl (C=O) groups is 2. The Kier molecular flexibility index (Phi) is 8.37. The van der Waals surface area contributed by atoms with Gasteiger partial charge in [0.2, 0.25) is 0 Å². The Bertz CT molecular complexity index is 1230. The molecule has 0 aliphatic carbocycles. The molecule has 2 amide bonds. The highest BCUT2D eigenvalue weighted by Gasteiger charge is 2.16. The second-order valence-corrected chi connectivity index (χ2v) is 7.23. The van der Waals surface area contributed by atoms with Crippen molar-refractivity contribution >= 4 is 35.7 Å². The minimum atomic E-state index is -0.752. The van der Waals surface area contributed by atoms with Gasteiger partial charge in [0, 0.05) is 16.7 Å². The Morgan fingerprint density at radius 3 is 2.44 bits per heavy atom. The Labute approximate surface area is 200 Å². The molecule has 3 rings (SSSR count). The molecule has 3 aromatic rings. The van der Waals surface area contributed by atoms with Gasteiger partial charge >= 0.3 is 0 Å². The van der Waals surface area contributed by atoms with Crippen LogP contribution in [0.15, 0.2) is 77.5 Å². The van der Waals surface area contributed by atoms with Gasteiger partial charge in [-0.25, -0.2) is 9.82 Å². The summed E-state index contributed by atoms with van der Waals surface area (Å²) < 4.78 is 24.5. The second-order valence-electron chi connectivity index (χ2n) is 6.82. The average Bonchev–Trinajstić information content (AvgIpc) is 2.85. The van der Waals surface area contributed by atoms with Crippen LogP contribution in [0.5, 0.6) is 11.5 Å². The van der Waals surface area contributed by atoms with Crippen molar-refractivity contribution in [1.82, 2.24) is 10.7 Å². The lowest BCUT2D eigenvalue weighted by atomic mass is 10.1. The largest absolute Gasteiger partial charge is 0.497 e. The maximum Gasteiger partial charge on any atom is 0.287 e. The lowest BCUT2D eigenvalue weighted by Crippen LogP contribution is -2.32. The molecule has 3 aromatic carbocycles. The van der Waals surface area contributed by atoms with Crippen LogP contribution in [0.25, 0.3) is 6.08 Å². The molecule has 0 saturated heterocycles. The maximum atomic E-state index is 14.0. The number of hydrazone groups is 1. The van der Waals surface area contributed by atoms with Crippen molar-refractivity contribution < 1.29 is 23.5 Å². The molecule has 2 N–H and O–H groups in total. The minimum Gasteiger partial charge on any atom is -0.497 e. The Hall–Kier alpha value is -4.17. The fourth-order valence-electron chi connectivity index (χ4n) is 2.90. The van der Waals surface area contributed by atoms with Gasteiger partial charge < -0.3 is 14.8 Å². The normalized spacial score (nSPS) is 11.2. The Morgan fingerprint density at radius 1 is 1.00 bits per heavy atom. The molecule has 0 aromatic heterocycles. The van der Waals surface area contributed by atoms with Crippen LogP contribution in [0.3, 0.4) is 0 Å². The standard InChI is InChI=1S/C25H21ClFN3O4/c1-33-18-11-12-23(34-2)17(13-18)14-22(29-24(31)16-7-4-3-5-8-16)25(32)30-28-15-19-20(26)9-6-10-21(19)27/h3-15H,1-2H3,(H,29,31)(H,30,32)/b22-14-,28-15+. The first-order chi connectivity index (χ1) is 16.4. The van der Waals surface area contributed by atoms with Crippen molar-refractivity contribution in [1.29, 1.82) is 0 Å². The van der Waals surface area contributed by atoms with E-state index in [1.54, 1.807) is 48.5 Å². The van der Waals surface area contributed by atoms with E-state index in [1.807, 2.05) is 0 Å². The van der Waals surface area contributed by atoms with Gasteiger partial charge in [-0.3, -0.25) is 9.59 Å². The fraction of sp³-hybridized carbons (Fsp3) is 0.0800. The van der Waals surface area contributed by atoms with Crippen LogP contribution >= 0.6 is 11.6 Å². The number of rotatable bonds is 8. The number of ether oxygens (including phenoxy) is 2. The van der Waals surface area contributed by atoms with E-state index in [1.165, 1.54) is 38.5 Å². The molecule has 0 spiro atoms. The lowest BCUT2D eigenvalue weighted by Gasteiger charge is -2.12. The molecular weight excluding hydrogens is 461 g/mol. The summed E-state index contributed by atoms with van der Waals surface area (Å²) in [6.45, 7) is 0. The molecule has 34 heavy (non-hydrogen) atoms. The zero-order chi connectivity index (χ0) is 24.5. The topological polar surface area (TPSA) is 89.0 Å². The molecule has 0 fully saturated rings. The zero-order valence-corrected chi connectivity index (χ0v) is 19.1. The minimum absolute atomic E-state index is 0.0118. The highest BCUT2D eigenvalue weighted by atomic mass is 35.5. The number of amides is 2.